The van der Waals surface area contributed by atoms with Gasteiger partial charge in [0.25, 0.3) is 0 Å². The van der Waals surface area contributed by atoms with E-state index in [0.29, 0.717) is 0 Å². The number of carbonyl (C=O) groups is 1. The topological polar surface area (TPSA) is 35.5 Å². The van der Waals surface area contributed by atoms with Crippen LogP contribution in [0.5, 0.6) is 5.75 Å². The summed E-state index contributed by atoms with van der Waals surface area (Å²) in [6.07, 6.45) is 5.33. The lowest BCUT2D eigenvalue weighted by Crippen LogP contribution is -2.29. The predicted molar refractivity (Wildman–Crippen MR) is 104 cm³/mol. The van der Waals surface area contributed by atoms with Crippen molar-refractivity contribution >= 4 is 16.4 Å². The van der Waals surface area contributed by atoms with Crippen molar-refractivity contribution in [3.8, 4) is 23.0 Å². The molecule has 0 radical (unpaired) electrons. The van der Waals surface area contributed by atoms with Gasteiger partial charge in [0.2, 0.25) is 0 Å². The second-order valence-corrected chi connectivity index (χ2v) is 9.04. The Morgan fingerprint density at radius 1 is 1.12 bits per heavy atom. The summed E-state index contributed by atoms with van der Waals surface area (Å²) in [6, 6.07) is 8.64. The molecule has 2 aromatic rings. The second kappa shape index (κ2) is 7.33. The van der Waals surface area contributed by atoms with Crippen LogP contribution in [0.1, 0.15) is 34.7 Å². The van der Waals surface area contributed by atoms with Gasteiger partial charge in [-0.3, -0.25) is 0 Å². The number of terminal acetylenes is 1. The number of ether oxygens (including phenoxy) is 2. The summed E-state index contributed by atoms with van der Waals surface area (Å²) >= 11 is 0. The Bertz CT molecular complexity index is 795. The summed E-state index contributed by atoms with van der Waals surface area (Å²) in [5.41, 5.74) is 1.10. The monoisotopic (exact) mass is 357 g/mol. The van der Waals surface area contributed by atoms with Gasteiger partial charge < -0.3 is 9.47 Å². The number of carbonyl (C=O) groups excluding carboxylic acids is 1. The van der Waals surface area contributed by atoms with Crippen LogP contribution in [0.2, 0.25) is 0 Å². The first-order valence-corrected chi connectivity index (χ1v) is 9.40. The fraction of sp³-hybridized carbons (Fsp3) is 0.381. The average Bonchev–Trinajstić information content (AvgIpc) is 2.84. The minimum atomic E-state index is -0.925. The van der Waals surface area contributed by atoms with Crippen LogP contribution in [-0.4, -0.2) is 18.2 Å². The largest absolute Gasteiger partial charge is 0.481 e. The minimum Gasteiger partial charge on any atom is -0.481 e. The molecule has 0 N–H and O–H groups in total. The van der Waals surface area contributed by atoms with Gasteiger partial charge in [0, 0.05) is 36.5 Å². The maximum Gasteiger partial charge on any atom is 0.345 e. The molecule has 1 heterocycles. The summed E-state index contributed by atoms with van der Waals surface area (Å²) in [5, 5.41) is 0. The molecular weight excluding hydrogens is 332 g/mol. The molecule has 2 rings (SSSR count). The van der Waals surface area contributed by atoms with Gasteiger partial charge in [-0.1, -0.05) is 5.92 Å². The van der Waals surface area contributed by atoms with E-state index in [2.05, 4.69) is 44.0 Å². The lowest BCUT2D eigenvalue weighted by molar-refractivity contribution is -0.154. The van der Waals surface area contributed by atoms with E-state index in [9.17, 15) is 4.79 Å². The normalized spacial score (nSPS) is 11.1. The van der Waals surface area contributed by atoms with Crippen LogP contribution in [0.15, 0.2) is 24.3 Å². The summed E-state index contributed by atoms with van der Waals surface area (Å²) in [5.74, 6) is 2.69. The van der Waals surface area contributed by atoms with Crippen molar-refractivity contribution in [2.45, 2.75) is 47.1 Å². The van der Waals surface area contributed by atoms with Crippen LogP contribution in [0, 0.1) is 40.0 Å². The van der Waals surface area contributed by atoms with Crippen molar-refractivity contribution < 1.29 is 14.3 Å². The number of aryl methyl sites for hydroxylation is 4. The molecule has 0 aliphatic carbocycles. The van der Waals surface area contributed by atoms with E-state index in [-0.39, 0.29) is 17.1 Å². The lowest BCUT2D eigenvalue weighted by Gasteiger charge is -2.19. The Labute approximate surface area is 152 Å². The van der Waals surface area contributed by atoms with Gasteiger partial charge in [-0.15, -0.1) is 6.42 Å². The van der Waals surface area contributed by atoms with Gasteiger partial charge in [0.1, 0.15) is 5.75 Å². The molecule has 25 heavy (non-hydrogen) atoms. The zero-order chi connectivity index (χ0) is 18.8. The van der Waals surface area contributed by atoms with E-state index < -0.39 is 11.6 Å². The highest BCUT2D eigenvalue weighted by molar-refractivity contribution is 7.39. The standard InChI is InChI=1S/C21H25O3S/c1-8-21(6,7)24-19(22)13-23-20-14(2)11-18(12-15(20)3)25-16(4)9-10-17(25)5/h1,9-12H,13H2,2-7H3/q+1. The SMILES string of the molecule is C#CC(C)(C)OC(=O)COc1c(C)cc(-[s+]2c(C)ccc2C)cc1C. The minimum absolute atomic E-state index is 0.0165. The molecule has 0 aliphatic heterocycles. The molecule has 1 aromatic heterocycles. The van der Waals surface area contributed by atoms with Crippen molar-refractivity contribution in [2.75, 3.05) is 6.61 Å². The Morgan fingerprint density at radius 3 is 2.12 bits per heavy atom. The first-order valence-electron chi connectivity index (χ1n) is 8.18. The van der Waals surface area contributed by atoms with Crippen molar-refractivity contribution in [3.05, 3.63) is 45.1 Å². The number of thiophene rings is 1. The molecule has 132 valence electrons. The third-order valence-electron chi connectivity index (χ3n) is 3.92. The second-order valence-electron chi connectivity index (χ2n) is 6.66. The quantitative estimate of drug-likeness (QED) is 0.429. The van der Waals surface area contributed by atoms with E-state index in [0.717, 1.165) is 16.9 Å². The Hall–Kier alpha value is -2.25. The first-order chi connectivity index (χ1) is 11.6. The highest BCUT2D eigenvalue weighted by atomic mass is 32.2. The molecule has 0 amide bonds. The van der Waals surface area contributed by atoms with Crippen LogP contribution < -0.4 is 4.74 Å². The van der Waals surface area contributed by atoms with Crippen molar-refractivity contribution in [3.63, 3.8) is 0 Å². The van der Waals surface area contributed by atoms with Gasteiger partial charge in [0.15, 0.2) is 26.9 Å². The molecule has 0 unspecified atom stereocenters. The summed E-state index contributed by atoms with van der Waals surface area (Å²) < 4.78 is 10.9. The summed E-state index contributed by atoms with van der Waals surface area (Å²) in [7, 11) is 0.0165. The number of hydrogen-bond donors (Lipinski definition) is 0. The molecule has 3 nitrogen and oxygen atoms in total. The lowest BCUT2D eigenvalue weighted by atomic mass is 10.1. The van der Waals surface area contributed by atoms with E-state index >= 15 is 0 Å². The van der Waals surface area contributed by atoms with E-state index in [1.165, 1.54) is 14.6 Å². The Balaban J connectivity index is 2.19. The highest BCUT2D eigenvalue weighted by Gasteiger charge is 2.22. The molecule has 0 spiro atoms. The maximum atomic E-state index is 11.9. The Kier molecular flexibility index (Phi) is 5.59. The smallest absolute Gasteiger partial charge is 0.345 e. The molecule has 0 saturated heterocycles. The number of rotatable bonds is 5. The third-order valence-corrected chi connectivity index (χ3v) is 6.18. The molecule has 0 bridgehead atoms. The van der Waals surface area contributed by atoms with Crippen molar-refractivity contribution in [1.82, 2.24) is 0 Å². The number of hydrogen-bond acceptors (Lipinski definition) is 3. The summed E-state index contributed by atoms with van der Waals surface area (Å²) in [4.78, 5) is 15.9. The first kappa shape index (κ1) is 19.1. The van der Waals surface area contributed by atoms with Crippen molar-refractivity contribution in [1.29, 1.82) is 0 Å². The van der Waals surface area contributed by atoms with E-state index in [1.807, 2.05) is 13.8 Å². The van der Waals surface area contributed by atoms with Crippen LogP contribution >= 0.6 is 10.5 Å². The van der Waals surface area contributed by atoms with E-state index in [1.54, 1.807) is 13.8 Å². The molecule has 0 aliphatic rings. The van der Waals surface area contributed by atoms with Crippen LogP contribution in [-0.2, 0) is 9.53 Å². The zero-order valence-electron chi connectivity index (χ0n) is 15.7. The van der Waals surface area contributed by atoms with E-state index in [4.69, 9.17) is 15.9 Å². The molecular formula is C21H25O3S+. The molecule has 1 aromatic carbocycles. The molecule has 0 saturated carbocycles. The van der Waals surface area contributed by atoms with Crippen molar-refractivity contribution in [2.24, 2.45) is 0 Å². The third kappa shape index (κ3) is 4.43. The number of esters is 1. The van der Waals surface area contributed by atoms with Crippen LogP contribution in [0.3, 0.4) is 0 Å². The highest BCUT2D eigenvalue weighted by Crippen LogP contribution is 2.41. The van der Waals surface area contributed by atoms with Gasteiger partial charge >= 0.3 is 5.97 Å². The van der Waals surface area contributed by atoms with Crippen LogP contribution in [0.4, 0.5) is 0 Å². The maximum absolute atomic E-state index is 11.9. The Morgan fingerprint density at radius 2 is 1.64 bits per heavy atom. The zero-order valence-corrected chi connectivity index (χ0v) is 16.5. The average molecular weight is 357 g/mol. The van der Waals surface area contributed by atoms with Gasteiger partial charge in [0.05, 0.1) is 0 Å². The molecule has 0 fully saturated rings. The predicted octanol–water partition coefficient (Wildman–Crippen LogP) is 4.99. The summed E-state index contributed by atoms with van der Waals surface area (Å²) in [6.45, 7) is 11.5. The van der Waals surface area contributed by atoms with Gasteiger partial charge in [-0.2, -0.15) is 0 Å². The molecule has 0 atom stereocenters. The molecule has 4 heteroatoms. The van der Waals surface area contributed by atoms with Gasteiger partial charge in [-0.25, -0.2) is 4.79 Å². The fourth-order valence-electron chi connectivity index (χ4n) is 2.73. The van der Waals surface area contributed by atoms with Gasteiger partial charge in [-0.05, 0) is 51.0 Å². The van der Waals surface area contributed by atoms with Crippen LogP contribution in [0.25, 0.3) is 4.90 Å². The fourth-order valence-corrected chi connectivity index (χ4v) is 4.98. The number of benzene rings is 1.